The molecule has 0 aromatic heterocycles. The first-order chi connectivity index (χ1) is 28.9. The molecule has 0 radical (unpaired) electrons. The summed E-state index contributed by atoms with van der Waals surface area (Å²) in [6.07, 6.45) is 0. The molecule has 11 rings (SSSR count). The van der Waals surface area contributed by atoms with Gasteiger partial charge in [-0.1, -0.05) is 203 Å². The molecule has 59 heavy (non-hydrogen) atoms. The van der Waals surface area contributed by atoms with E-state index >= 15 is 0 Å². The lowest BCUT2D eigenvalue weighted by Crippen LogP contribution is -2.17. The van der Waals surface area contributed by atoms with Crippen LogP contribution < -0.4 is 0 Å². The first-order valence-corrected chi connectivity index (χ1v) is 20.9. The third-order valence-electron chi connectivity index (χ3n) is 12.7. The molecule has 0 aliphatic heterocycles. The second-order valence-electron chi connectivity index (χ2n) is 17.3. The fourth-order valence-corrected chi connectivity index (χ4v) is 10.2. The zero-order chi connectivity index (χ0) is 39.7. The van der Waals surface area contributed by atoms with Crippen molar-refractivity contribution in [3.63, 3.8) is 0 Å². The summed E-state index contributed by atoms with van der Waals surface area (Å²) in [5.74, 6) is 0.326. The summed E-state index contributed by atoms with van der Waals surface area (Å²) in [6.45, 7) is 7.15. The van der Waals surface area contributed by atoms with E-state index in [-0.39, 0.29) is 5.41 Å². The minimum absolute atomic E-state index is 0.0766. The number of hydrogen-bond donors (Lipinski definition) is 0. The molecule has 1 aliphatic rings. The van der Waals surface area contributed by atoms with Crippen LogP contribution >= 0.6 is 0 Å². The van der Waals surface area contributed by atoms with Crippen LogP contribution in [0.1, 0.15) is 37.8 Å². The quantitative estimate of drug-likeness (QED) is 0.154. The molecule has 0 saturated heterocycles. The molecule has 0 spiro atoms. The molecular weight excluding hydrogens is 709 g/mol. The highest BCUT2D eigenvalue weighted by molar-refractivity contribution is 6.24. The summed E-state index contributed by atoms with van der Waals surface area (Å²) in [7, 11) is 0. The van der Waals surface area contributed by atoms with Crippen LogP contribution in [0, 0.1) is 5.41 Å². The molecular formula is C59H44. The summed E-state index contributed by atoms with van der Waals surface area (Å²) >= 11 is 0. The summed E-state index contributed by atoms with van der Waals surface area (Å²) in [5.41, 5.74) is 18.1. The summed E-state index contributed by atoms with van der Waals surface area (Å²) < 4.78 is 0. The van der Waals surface area contributed by atoms with Crippen LogP contribution in [-0.2, 0) is 0 Å². The van der Waals surface area contributed by atoms with Crippen LogP contribution in [0.25, 0.3) is 99.1 Å². The van der Waals surface area contributed by atoms with Crippen molar-refractivity contribution >= 4 is 32.3 Å². The number of fused-ring (bicyclic) bond motifs is 6. The number of hydrogen-bond acceptors (Lipinski definition) is 0. The van der Waals surface area contributed by atoms with Gasteiger partial charge in [0.05, 0.1) is 0 Å². The smallest absolute Gasteiger partial charge is 0.0150 e. The van der Waals surface area contributed by atoms with Crippen LogP contribution in [-0.4, -0.2) is 0 Å². The molecule has 0 bridgehead atoms. The lowest BCUT2D eigenvalue weighted by Gasteiger charge is -2.29. The van der Waals surface area contributed by atoms with Gasteiger partial charge >= 0.3 is 0 Å². The first-order valence-electron chi connectivity index (χ1n) is 20.9. The molecule has 0 saturated carbocycles. The Balaban J connectivity index is 1.13. The monoisotopic (exact) mass is 752 g/mol. The molecule has 0 fully saturated rings. The Morgan fingerprint density at radius 1 is 0.271 bits per heavy atom. The molecule has 0 N–H and O–H groups in total. The van der Waals surface area contributed by atoms with Gasteiger partial charge in [0, 0.05) is 5.92 Å². The van der Waals surface area contributed by atoms with E-state index in [2.05, 4.69) is 227 Å². The Morgan fingerprint density at radius 3 is 1.27 bits per heavy atom. The van der Waals surface area contributed by atoms with E-state index in [9.17, 15) is 0 Å². The van der Waals surface area contributed by atoms with Crippen molar-refractivity contribution in [2.45, 2.75) is 26.7 Å². The van der Waals surface area contributed by atoms with Crippen LogP contribution in [0.15, 0.2) is 206 Å². The van der Waals surface area contributed by atoms with Gasteiger partial charge in [0.1, 0.15) is 0 Å². The van der Waals surface area contributed by atoms with Gasteiger partial charge in [-0.3, -0.25) is 0 Å². The Bertz CT molecular complexity index is 3120. The van der Waals surface area contributed by atoms with Gasteiger partial charge in [-0.25, -0.2) is 0 Å². The van der Waals surface area contributed by atoms with Crippen LogP contribution in [0.3, 0.4) is 0 Å². The average molecular weight is 753 g/mol. The van der Waals surface area contributed by atoms with E-state index < -0.39 is 0 Å². The highest BCUT2D eigenvalue weighted by atomic mass is 14.4. The maximum atomic E-state index is 2.51. The summed E-state index contributed by atoms with van der Waals surface area (Å²) in [4.78, 5) is 0. The standard InChI is InChI=1S/C59H44/c1-59(2,3)58-54-29-17-12-24-47(54)48-31-30-40(37-55(48)58)56-49-25-13-15-27-51(49)57(52-28-16-14-26-50(52)56)53-33-32-44(45-22-10-11-23-46(45)53)43-35-41(38-18-6-4-7-19-38)34-42(36-43)39-20-8-5-9-21-39/h4-37,58H,1-3H3. The predicted molar refractivity (Wildman–Crippen MR) is 253 cm³/mol. The van der Waals surface area contributed by atoms with Gasteiger partial charge in [0.15, 0.2) is 0 Å². The molecule has 0 heterocycles. The van der Waals surface area contributed by atoms with E-state index in [1.807, 2.05) is 0 Å². The third-order valence-corrected chi connectivity index (χ3v) is 12.7. The third kappa shape index (κ3) is 5.82. The Hall–Kier alpha value is -7.02. The van der Waals surface area contributed by atoms with Crippen LogP contribution in [0.4, 0.5) is 0 Å². The van der Waals surface area contributed by atoms with Crippen molar-refractivity contribution < 1.29 is 0 Å². The minimum Gasteiger partial charge on any atom is -0.0622 e. The molecule has 1 unspecified atom stereocenters. The zero-order valence-corrected chi connectivity index (χ0v) is 33.7. The molecule has 280 valence electrons. The minimum atomic E-state index is 0.0766. The largest absolute Gasteiger partial charge is 0.0622 e. The van der Waals surface area contributed by atoms with Gasteiger partial charge in [-0.05, 0) is 140 Å². The van der Waals surface area contributed by atoms with Crippen molar-refractivity contribution in [1.82, 2.24) is 0 Å². The van der Waals surface area contributed by atoms with E-state index in [1.165, 1.54) is 110 Å². The van der Waals surface area contributed by atoms with E-state index in [1.54, 1.807) is 0 Å². The van der Waals surface area contributed by atoms with Crippen molar-refractivity contribution in [2.75, 3.05) is 0 Å². The first kappa shape index (κ1) is 35.2. The second kappa shape index (κ2) is 13.8. The molecule has 1 atom stereocenters. The van der Waals surface area contributed by atoms with Crippen LogP contribution in [0.2, 0.25) is 0 Å². The summed E-state index contributed by atoms with van der Waals surface area (Å²) in [6, 6.07) is 76.7. The molecule has 0 nitrogen and oxygen atoms in total. The highest BCUT2D eigenvalue weighted by Gasteiger charge is 2.37. The van der Waals surface area contributed by atoms with Crippen LogP contribution in [0.5, 0.6) is 0 Å². The van der Waals surface area contributed by atoms with Gasteiger partial charge in [-0.2, -0.15) is 0 Å². The van der Waals surface area contributed by atoms with Gasteiger partial charge < -0.3 is 0 Å². The molecule has 0 amide bonds. The van der Waals surface area contributed by atoms with E-state index in [0.717, 1.165) is 0 Å². The van der Waals surface area contributed by atoms with Gasteiger partial charge in [0.2, 0.25) is 0 Å². The lowest BCUT2D eigenvalue weighted by atomic mass is 9.74. The topological polar surface area (TPSA) is 0 Å². The highest BCUT2D eigenvalue weighted by Crippen LogP contribution is 2.54. The van der Waals surface area contributed by atoms with Crippen molar-refractivity contribution in [3.05, 3.63) is 217 Å². The molecule has 0 heteroatoms. The number of rotatable bonds is 5. The lowest BCUT2D eigenvalue weighted by molar-refractivity contribution is 0.363. The fourth-order valence-electron chi connectivity index (χ4n) is 10.2. The Kier molecular flexibility index (Phi) is 8.24. The molecule has 10 aromatic rings. The van der Waals surface area contributed by atoms with E-state index in [0.29, 0.717) is 5.92 Å². The number of benzene rings is 10. The van der Waals surface area contributed by atoms with E-state index in [4.69, 9.17) is 0 Å². The van der Waals surface area contributed by atoms with Gasteiger partial charge in [0.25, 0.3) is 0 Å². The zero-order valence-electron chi connectivity index (χ0n) is 33.7. The van der Waals surface area contributed by atoms with Crippen molar-refractivity contribution in [1.29, 1.82) is 0 Å². The second-order valence-corrected chi connectivity index (χ2v) is 17.3. The average Bonchev–Trinajstić information content (AvgIpc) is 3.63. The normalized spacial score (nSPS) is 13.5. The maximum Gasteiger partial charge on any atom is 0.0150 e. The SMILES string of the molecule is CC(C)(C)C1c2ccccc2-c2ccc(-c3c4ccccc4c(-c4ccc(-c5cc(-c6ccccc6)cc(-c6ccccc6)c5)c5ccccc45)c4ccccc34)cc21. The predicted octanol–water partition coefficient (Wildman–Crippen LogP) is 16.6. The van der Waals surface area contributed by atoms with Crippen molar-refractivity contribution in [2.24, 2.45) is 5.41 Å². The van der Waals surface area contributed by atoms with Crippen molar-refractivity contribution in [3.8, 4) is 66.8 Å². The molecule has 1 aliphatic carbocycles. The molecule has 10 aromatic carbocycles. The Morgan fingerprint density at radius 2 is 0.695 bits per heavy atom. The maximum absolute atomic E-state index is 2.51. The summed E-state index contributed by atoms with van der Waals surface area (Å²) in [5, 5.41) is 7.60. The Labute approximate surface area is 347 Å². The van der Waals surface area contributed by atoms with Gasteiger partial charge in [-0.15, -0.1) is 0 Å². The fraction of sp³-hybridized carbons (Fsp3) is 0.0847.